The van der Waals surface area contributed by atoms with Crippen LogP contribution in [-0.4, -0.2) is 33.9 Å². The molecule has 0 fully saturated rings. The van der Waals surface area contributed by atoms with Crippen LogP contribution in [0.25, 0.3) is 16.8 Å². The Kier molecular flexibility index (Phi) is 5.29. The van der Waals surface area contributed by atoms with Gasteiger partial charge in [0.1, 0.15) is 16.6 Å². The number of hydrogen-bond donors (Lipinski definition) is 2. The van der Waals surface area contributed by atoms with E-state index >= 15 is 0 Å². The molecule has 1 aromatic heterocycles. The van der Waals surface area contributed by atoms with E-state index in [9.17, 15) is 5.11 Å². The third-order valence-electron chi connectivity index (χ3n) is 4.29. The summed E-state index contributed by atoms with van der Waals surface area (Å²) in [6, 6.07) is 8.05. The Hall–Kier alpha value is -1.66. The number of benzene rings is 1. The third kappa shape index (κ3) is 3.80. The highest BCUT2D eigenvalue weighted by Crippen LogP contribution is 2.35. The van der Waals surface area contributed by atoms with Crippen LogP contribution in [0.5, 0.6) is 0 Å². The Morgan fingerprint density at radius 2 is 2.00 bits per heavy atom. The number of aliphatic hydroxyl groups excluding tert-OH is 1. The van der Waals surface area contributed by atoms with Crippen LogP contribution in [0.15, 0.2) is 34.5 Å². The lowest BCUT2D eigenvalue weighted by Gasteiger charge is -2.19. The Bertz CT molecular complexity index is 824. The zero-order valence-corrected chi connectivity index (χ0v) is 17.0. The monoisotopic (exact) mass is 419 g/mol. The van der Waals surface area contributed by atoms with E-state index in [1.807, 2.05) is 36.1 Å². The summed E-state index contributed by atoms with van der Waals surface area (Å²) in [7, 11) is 0. The van der Waals surface area contributed by atoms with Crippen molar-refractivity contribution in [3.05, 3.63) is 44.4 Å². The molecule has 1 aromatic carbocycles. The van der Waals surface area contributed by atoms with Crippen LogP contribution in [0, 0.1) is 18.3 Å². The summed E-state index contributed by atoms with van der Waals surface area (Å²) >= 11 is 4.99. The van der Waals surface area contributed by atoms with E-state index in [0.29, 0.717) is 23.9 Å². The zero-order valence-electron chi connectivity index (χ0n) is 14.6. The van der Waals surface area contributed by atoms with Gasteiger partial charge in [-0.25, -0.2) is 4.98 Å². The van der Waals surface area contributed by atoms with Gasteiger partial charge in [0.05, 0.1) is 17.8 Å². The van der Waals surface area contributed by atoms with Crippen LogP contribution in [0.2, 0.25) is 0 Å². The minimum Gasteiger partial charge on any atom is -0.510 e. The SMILES string of the molecule is Cc1sc(C2=C(O)CN(CCC(C)C)C2=N)nc1-c1ccc(Br)cc1. The number of aliphatic hydroxyl groups is 1. The fourth-order valence-electron chi connectivity index (χ4n) is 2.84. The molecule has 0 amide bonds. The number of halogens is 1. The number of amidine groups is 1. The molecule has 2 N–H and O–H groups in total. The highest BCUT2D eigenvalue weighted by atomic mass is 79.9. The van der Waals surface area contributed by atoms with Gasteiger partial charge in [0.15, 0.2) is 0 Å². The van der Waals surface area contributed by atoms with E-state index < -0.39 is 0 Å². The molecule has 0 bridgehead atoms. The first kappa shape index (κ1) is 18.1. The molecule has 0 atom stereocenters. The first-order chi connectivity index (χ1) is 11.9. The molecule has 1 aliphatic rings. The largest absolute Gasteiger partial charge is 0.510 e. The van der Waals surface area contributed by atoms with E-state index in [4.69, 9.17) is 10.4 Å². The second kappa shape index (κ2) is 7.30. The molecule has 2 aromatic rings. The molecule has 1 aliphatic heterocycles. The maximum Gasteiger partial charge on any atom is 0.135 e. The first-order valence-corrected chi connectivity index (χ1v) is 9.97. The van der Waals surface area contributed by atoms with Crippen molar-refractivity contribution in [1.29, 1.82) is 5.41 Å². The van der Waals surface area contributed by atoms with Gasteiger partial charge < -0.3 is 10.0 Å². The highest BCUT2D eigenvalue weighted by Gasteiger charge is 2.30. The van der Waals surface area contributed by atoms with Gasteiger partial charge in [-0.05, 0) is 31.4 Å². The Labute approximate surface area is 160 Å². The maximum absolute atomic E-state index is 10.4. The van der Waals surface area contributed by atoms with E-state index in [0.717, 1.165) is 38.6 Å². The zero-order chi connectivity index (χ0) is 18.1. The van der Waals surface area contributed by atoms with E-state index in [2.05, 4.69) is 29.8 Å². The molecule has 0 unspecified atom stereocenters. The predicted octanol–water partition coefficient (Wildman–Crippen LogP) is 5.49. The number of rotatable bonds is 5. The lowest BCUT2D eigenvalue weighted by Crippen LogP contribution is -2.28. The van der Waals surface area contributed by atoms with E-state index in [1.165, 1.54) is 11.3 Å². The number of aryl methyl sites for hydroxylation is 1. The summed E-state index contributed by atoms with van der Waals surface area (Å²) in [6.45, 7) is 7.57. The number of nitrogens with one attached hydrogen (secondary N) is 1. The Morgan fingerprint density at radius 1 is 1.32 bits per heavy atom. The molecule has 0 radical (unpaired) electrons. The average molecular weight is 420 g/mol. The van der Waals surface area contributed by atoms with Crippen molar-refractivity contribution in [1.82, 2.24) is 9.88 Å². The van der Waals surface area contributed by atoms with Gasteiger partial charge in [0, 0.05) is 21.5 Å². The average Bonchev–Trinajstić information content (AvgIpc) is 3.06. The third-order valence-corrected chi connectivity index (χ3v) is 5.80. The van der Waals surface area contributed by atoms with Crippen LogP contribution in [0.1, 0.15) is 30.2 Å². The smallest absolute Gasteiger partial charge is 0.135 e. The summed E-state index contributed by atoms with van der Waals surface area (Å²) in [5.41, 5.74) is 2.55. The van der Waals surface area contributed by atoms with Gasteiger partial charge in [0.25, 0.3) is 0 Å². The molecule has 0 saturated carbocycles. The highest BCUT2D eigenvalue weighted by molar-refractivity contribution is 9.10. The molecule has 25 heavy (non-hydrogen) atoms. The van der Waals surface area contributed by atoms with Gasteiger partial charge in [-0.2, -0.15) is 0 Å². The normalized spacial score (nSPS) is 14.9. The molecule has 132 valence electrons. The molecule has 0 spiro atoms. The Balaban J connectivity index is 1.87. The topological polar surface area (TPSA) is 60.2 Å². The van der Waals surface area contributed by atoms with Gasteiger partial charge in [-0.15, -0.1) is 11.3 Å². The van der Waals surface area contributed by atoms with Crippen molar-refractivity contribution < 1.29 is 5.11 Å². The minimum atomic E-state index is 0.255. The van der Waals surface area contributed by atoms with E-state index in [-0.39, 0.29) is 5.76 Å². The van der Waals surface area contributed by atoms with E-state index in [1.54, 1.807) is 0 Å². The molecule has 0 aliphatic carbocycles. The molecular formula is C19H22BrN3OS. The number of hydrogen-bond acceptors (Lipinski definition) is 4. The maximum atomic E-state index is 10.4. The van der Waals surface area contributed by atoms with Gasteiger partial charge in [-0.3, -0.25) is 5.41 Å². The summed E-state index contributed by atoms with van der Waals surface area (Å²) in [5, 5.41) is 19.6. The standard InChI is InChI=1S/C19H22BrN3OS/c1-11(2)8-9-23-10-15(24)16(18(23)21)19-22-17(12(3)25-19)13-4-6-14(20)7-5-13/h4-7,11,21,24H,8-10H2,1-3H3. The van der Waals surface area contributed by atoms with Crippen LogP contribution < -0.4 is 0 Å². The summed E-state index contributed by atoms with van der Waals surface area (Å²) in [4.78, 5) is 7.76. The number of nitrogens with zero attached hydrogens (tertiary/aromatic N) is 2. The second-order valence-electron chi connectivity index (χ2n) is 6.71. The second-order valence-corrected chi connectivity index (χ2v) is 8.82. The summed E-state index contributed by atoms with van der Waals surface area (Å²) in [6.07, 6.45) is 1.00. The van der Waals surface area contributed by atoms with Crippen molar-refractivity contribution >= 4 is 38.7 Å². The predicted molar refractivity (Wildman–Crippen MR) is 108 cm³/mol. The number of thiazole rings is 1. The molecule has 2 heterocycles. The molecule has 6 heteroatoms. The molecule has 3 rings (SSSR count). The van der Waals surface area contributed by atoms with Crippen molar-refractivity contribution in [2.24, 2.45) is 5.92 Å². The summed E-state index contributed by atoms with van der Waals surface area (Å²) < 4.78 is 1.03. The Morgan fingerprint density at radius 3 is 2.64 bits per heavy atom. The molecule has 0 saturated heterocycles. The van der Waals surface area contributed by atoms with Crippen LogP contribution >= 0.6 is 27.3 Å². The number of aromatic nitrogens is 1. The van der Waals surface area contributed by atoms with Crippen LogP contribution in [-0.2, 0) is 0 Å². The van der Waals surface area contributed by atoms with Gasteiger partial charge in [-0.1, -0.05) is 41.9 Å². The first-order valence-electron chi connectivity index (χ1n) is 8.36. The molecule has 4 nitrogen and oxygen atoms in total. The molecular weight excluding hydrogens is 398 g/mol. The minimum absolute atomic E-state index is 0.255. The van der Waals surface area contributed by atoms with Crippen molar-refractivity contribution in [3.8, 4) is 11.3 Å². The fraction of sp³-hybridized carbons (Fsp3) is 0.368. The van der Waals surface area contributed by atoms with Crippen LogP contribution in [0.3, 0.4) is 0 Å². The summed E-state index contributed by atoms with van der Waals surface area (Å²) in [5.74, 6) is 1.21. The lowest BCUT2D eigenvalue weighted by atomic mass is 10.1. The van der Waals surface area contributed by atoms with Gasteiger partial charge >= 0.3 is 0 Å². The van der Waals surface area contributed by atoms with Crippen molar-refractivity contribution in [2.45, 2.75) is 27.2 Å². The lowest BCUT2D eigenvalue weighted by molar-refractivity contribution is 0.337. The fourth-order valence-corrected chi connectivity index (χ4v) is 4.11. The van der Waals surface area contributed by atoms with Gasteiger partial charge in [0.2, 0.25) is 0 Å². The van der Waals surface area contributed by atoms with Crippen molar-refractivity contribution in [2.75, 3.05) is 13.1 Å². The van der Waals surface area contributed by atoms with Crippen LogP contribution in [0.4, 0.5) is 0 Å². The quantitative estimate of drug-likeness (QED) is 0.673. The van der Waals surface area contributed by atoms with Crippen molar-refractivity contribution in [3.63, 3.8) is 0 Å².